The van der Waals surface area contributed by atoms with Gasteiger partial charge >= 0.3 is 12.1 Å². The van der Waals surface area contributed by atoms with Gasteiger partial charge in [0.15, 0.2) is 0 Å². The number of likely N-dealkylation sites (tertiary alicyclic amines) is 1. The Morgan fingerprint density at radius 1 is 1.32 bits per heavy atom. The Hall–Kier alpha value is -1.26. The zero-order valence-corrected chi connectivity index (χ0v) is 12.2. The topological polar surface area (TPSA) is 55.8 Å². The molecular formula is C14H25NO4. The van der Waals surface area contributed by atoms with Crippen LogP contribution < -0.4 is 0 Å². The fraction of sp³-hybridized carbons (Fsp3) is 0.857. The highest BCUT2D eigenvalue weighted by Crippen LogP contribution is 2.19. The molecule has 1 unspecified atom stereocenters. The first kappa shape index (κ1) is 15.8. The fourth-order valence-corrected chi connectivity index (χ4v) is 2.20. The van der Waals surface area contributed by atoms with E-state index >= 15 is 0 Å². The van der Waals surface area contributed by atoms with E-state index in [9.17, 15) is 9.59 Å². The summed E-state index contributed by atoms with van der Waals surface area (Å²) in [5, 5.41) is 0. The highest BCUT2D eigenvalue weighted by Gasteiger charge is 2.35. The van der Waals surface area contributed by atoms with Gasteiger partial charge in [-0.1, -0.05) is 13.8 Å². The van der Waals surface area contributed by atoms with E-state index in [2.05, 4.69) is 13.8 Å². The average molecular weight is 271 g/mol. The molecule has 5 nitrogen and oxygen atoms in total. The molecule has 0 bridgehead atoms. The van der Waals surface area contributed by atoms with Crippen LogP contribution in [0.3, 0.4) is 0 Å². The quantitative estimate of drug-likeness (QED) is 0.550. The van der Waals surface area contributed by atoms with Crippen molar-refractivity contribution in [1.29, 1.82) is 0 Å². The van der Waals surface area contributed by atoms with Gasteiger partial charge in [0.25, 0.3) is 0 Å². The van der Waals surface area contributed by atoms with Crippen LogP contribution in [-0.2, 0) is 14.3 Å². The van der Waals surface area contributed by atoms with E-state index in [1.54, 1.807) is 6.92 Å². The van der Waals surface area contributed by atoms with Gasteiger partial charge in [-0.3, -0.25) is 4.90 Å². The molecule has 0 aromatic heterocycles. The van der Waals surface area contributed by atoms with Crippen molar-refractivity contribution in [2.45, 2.75) is 52.5 Å². The third kappa shape index (κ3) is 5.09. The van der Waals surface area contributed by atoms with Crippen LogP contribution in [0.4, 0.5) is 4.79 Å². The highest BCUT2D eigenvalue weighted by molar-refractivity contribution is 5.82. The summed E-state index contributed by atoms with van der Waals surface area (Å²) in [4.78, 5) is 25.1. The van der Waals surface area contributed by atoms with E-state index in [1.807, 2.05) is 0 Å². The summed E-state index contributed by atoms with van der Waals surface area (Å²) in [5.74, 6) is 0.315. The summed E-state index contributed by atoms with van der Waals surface area (Å²) in [6.45, 7) is 7.37. The molecule has 1 atom stereocenters. The van der Waals surface area contributed by atoms with Crippen LogP contribution in [0.15, 0.2) is 0 Å². The van der Waals surface area contributed by atoms with Crippen LogP contribution in [0.1, 0.15) is 46.5 Å². The lowest BCUT2D eigenvalue weighted by atomic mass is 10.1. The molecule has 0 spiro atoms. The summed E-state index contributed by atoms with van der Waals surface area (Å²) >= 11 is 0. The fourth-order valence-electron chi connectivity index (χ4n) is 2.20. The number of carbonyl (C=O) groups excluding carboxylic acids is 2. The minimum atomic E-state index is -0.460. The maximum absolute atomic E-state index is 11.9. The van der Waals surface area contributed by atoms with Crippen LogP contribution in [0, 0.1) is 5.92 Å². The molecule has 0 aliphatic carbocycles. The van der Waals surface area contributed by atoms with E-state index in [0.717, 1.165) is 19.3 Å². The molecule has 0 saturated carbocycles. The van der Waals surface area contributed by atoms with Crippen molar-refractivity contribution in [3.8, 4) is 0 Å². The Kier molecular flexibility index (Phi) is 6.67. The number of hydrogen-bond donors (Lipinski definition) is 0. The van der Waals surface area contributed by atoms with Gasteiger partial charge < -0.3 is 9.47 Å². The van der Waals surface area contributed by atoms with Gasteiger partial charge in [-0.05, 0) is 38.5 Å². The van der Waals surface area contributed by atoms with Gasteiger partial charge in [0.1, 0.15) is 6.04 Å². The zero-order valence-electron chi connectivity index (χ0n) is 12.2. The lowest BCUT2D eigenvalue weighted by Gasteiger charge is -2.22. The lowest BCUT2D eigenvalue weighted by Crippen LogP contribution is -2.41. The van der Waals surface area contributed by atoms with E-state index in [1.165, 1.54) is 4.90 Å². The maximum atomic E-state index is 11.9. The predicted molar refractivity (Wildman–Crippen MR) is 71.8 cm³/mol. The van der Waals surface area contributed by atoms with E-state index in [-0.39, 0.29) is 5.97 Å². The number of carbonyl (C=O) groups is 2. The van der Waals surface area contributed by atoms with Crippen molar-refractivity contribution >= 4 is 12.1 Å². The normalized spacial score (nSPS) is 18.7. The lowest BCUT2D eigenvalue weighted by molar-refractivity contribution is -0.148. The molecule has 1 rings (SSSR count). The molecule has 1 aliphatic rings. The molecule has 0 N–H and O–H groups in total. The van der Waals surface area contributed by atoms with Gasteiger partial charge in [0, 0.05) is 6.54 Å². The van der Waals surface area contributed by atoms with Gasteiger partial charge in [-0.25, -0.2) is 9.59 Å². The average Bonchev–Trinajstić information content (AvgIpc) is 2.83. The maximum Gasteiger partial charge on any atom is 0.410 e. The number of nitrogens with zero attached hydrogens (tertiary/aromatic N) is 1. The van der Waals surface area contributed by atoms with Crippen LogP contribution in [-0.4, -0.2) is 42.8 Å². The Morgan fingerprint density at radius 3 is 2.68 bits per heavy atom. The summed E-state index contributed by atoms with van der Waals surface area (Å²) in [6, 6.07) is -0.460. The van der Waals surface area contributed by atoms with Crippen molar-refractivity contribution in [1.82, 2.24) is 4.90 Å². The number of hydrogen-bond acceptors (Lipinski definition) is 4. The number of amides is 1. The zero-order chi connectivity index (χ0) is 14.3. The molecule has 19 heavy (non-hydrogen) atoms. The Labute approximate surface area is 115 Å². The SMILES string of the molecule is CCOC(=O)N1CCCC1C(=O)OCCCC(C)C. The minimum Gasteiger partial charge on any atom is -0.464 e. The van der Waals surface area contributed by atoms with Crippen LogP contribution in [0.2, 0.25) is 0 Å². The molecule has 110 valence electrons. The van der Waals surface area contributed by atoms with Gasteiger partial charge in [0.05, 0.1) is 13.2 Å². The van der Waals surface area contributed by atoms with Crippen LogP contribution in [0.5, 0.6) is 0 Å². The molecule has 1 saturated heterocycles. The predicted octanol–water partition coefficient (Wildman–Crippen LogP) is 2.59. The molecule has 0 radical (unpaired) electrons. The summed E-state index contributed by atoms with van der Waals surface area (Å²) in [6.07, 6.45) is 2.99. The molecule has 1 heterocycles. The van der Waals surface area contributed by atoms with E-state index in [0.29, 0.717) is 32.1 Å². The largest absolute Gasteiger partial charge is 0.464 e. The number of ether oxygens (including phenoxy) is 2. The Balaban J connectivity index is 2.36. The number of rotatable bonds is 6. The second-order valence-corrected chi connectivity index (χ2v) is 5.25. The standard InChI is InChI=1S/C14H25NO4/c1-4-18-14(17)15-9-5-8-12(15)13(16)19-10-6-7-11(2)3/h11-12H,4-10H2,1-3H3. The smallest absolute Gasteiger partial charge is 0.410 e. The van der Waals surface area contributed by atoms with Crippen LogP contribution >= 0.6 is 0 Å². The highest BCUT2D eigenvalue weighted by atomic mass is 16.6. The van der Waals surface area contributed by atoms with Crippen molar-refractivity contribution in [2.24, 2.45) is 5.92 Å². The summed E-state index contributed by atoms with van der Waals surface area (Å²) < 4.78 is 10.2. The van der Waals surface area contributed by atoms with Crippen molar-refractivity contribution in [3.63, 3.8) is 0 Å². The van der Waals surface area contributed by atoms with E-state index in [4.69, 9.17) is 9.47 Å². The summed E-state index contributed by atoms with van der Waals surface area (Å²) in [5.41, 5.74) is 0. The second-order valence-electron chi connectivity index (χ2n) is 5.25. The van der Waals surface area contributed by atoms with Gasteiger partial charge in [-0.2, -0.15) is 0 Å². The monoisotopic (exact) mass is 271 g/mol. The first-order valence-corrected chi connectivity index (χ1v) is 7.16. The molecule has 0 aromatic rings. The first-order chi connectivity index (χ1) is 9.06. The van der Waals surface area contributed by atoms with E-state index < -0.39 is 12.1 Å². The molecule has 1 fully saturated rings. The second kappa shape index (κ2) is 8.02. The molecule has 0 aromatic carbocycles. The van der Waals surface area contributed by atoms with Crippen LogP contribution in [0.25, 0.3) is 0 Å². The molecule has 1 aliphatic heterocycles. The Bertz CT molecular complexity index is 304. The Morgan fingerprint density at radius 2 is 2.05 bits per heavy atom. The third-order valence-corrected chi connectivity index (χ3v) is 3.20. The third-order valence-electron chi connectivity index (χ3n) is 3.20. The molecule has 1 amide bonds. The van der Waals surface area contributed by atoms with Crippen molar-refractivity contribution in [3.05, 3.63) is 0 Å². The van der Waals surface area contributed by atoms with Gasteiger partial charge in [0.2, 0.25) is 0 Å². The molecule has 5 heteroatoms. The van der Waals surface area contributed by atoms with Crippen molar-refractivity contribution < 1.29 is 19.1 Å². The number of esters is 1. The van der Waals surface area contributed by atoms with Crippen molar-refractivity contribution in [2.75, 3.05) is 19.8 Å². The molecular weight excluding hydrogens is 246 g/mol. The first-order valence-electron chi connectivity index (χ1n) is 7.16. The summed E-state index contributed by atoms with van der Waals surface area (Å²) in [7, 11) is 0. The van der Waals surface area contributed by atoms with Gasteiger partial charge in [-0.15, -0.1) is 0 Å². The minimum absolute atomic E-state index is 0.297.